The Kier molecular flexibility index (Phi) is 3.61. The highest BCUT2D eigenvalue weighted by atomic mass is 35.5. The topological polar surface area (TPSA) is 28.7 Å². The van der Waals surface area contributed by atoms with E-state index in [0.717, 1.165) is 17.0 Å². The van der Waals surface area contributed by atoms with Gasteiger partial charge in [0.05, 0.1) is 11.5 Å². The molecule has 0 aliphatic heterocycles. The Morgan fingerprint density at radius 2 is 2.50 bits per heavy atom. The molecule has 0 unspecified atom stereocenters. The van der Waals surface area contributed by atoms with E-state index in [2.05, 4.69) is 23.2 Å². The van der Waals surface area contributed by atoms with Crippen LogP contribution in [0.2, 0.25) is 0 Å². The van der Waals surface area contributed by atoms with Gasteiger partial charge in [-0.3, -0.25) is 5.10 Å². The number of halogens is 1. The van der Waals surface area contributed by atoms with E-state index >= 15 is 0 Å². The van der Waals surface area contributed by atoms with Gasteiger partial charge in [-0.2, -0.15) is 5.10 Å². The van der Waals surface area contributed by atoms with Gasteiger partial charge in [-0.05, 0) is 6.42 Å². The number of rotatable bonds is 2. The Bertz CT molecular complexity index is 362. The Morgan fingerprint density at radius 1 is 1.67 bits per heavy atom. The monoisotopic (exact) mass is 182 g/mol. The average molecular weight is 183 g/mol. The van der Waals surface area contributed by atoms with Crippen molar-refractivity contribution in [1.29, 1.82) is 0 Å². The molecule has 1 aromatic heterocycles. The fourth-order valence-corrected chi connectivity index (χ4v) is 1.02. The van der Waals surface area contributed by atoms with Crippen molar-refractivity contribution in [1.82, 2.24) is 10.2 Å². The highest BCUT2D eigenvalue weighted by molar-refractivity contribution is 6.25. The Labute approximate surface area is 76.3 Å². The second kappa shape index (κ2) is 4.78. The van der Waals surface area contributed by atoms with Crippen LogP contribution in [0.3, 0.4) is 0 Å². The van der Waals surface area contributed by atoms with Crippen molar-refractivity contribution in [3.05, 3.63) is 28.4 Å². The lowest BCUT2D eigenvalue weighted by Crippen LogP contribution is -2.21. The summed E-state index contributed by atoms with van der Waals surface area (Å²) in [7, 11) is 0. The minimum Gasteiger partial charge on any atom is -0.278 e. The quantitative estimate of drug-likeness (QED) is 0.730. The van der Waals surface area contributed by atoms with Crippen LogP contribution in [-0.4, -0.2) is 10.2 Å². The van der Waals surface area contributed by atoms with Gasteiger partial charge in [0.15, 0.2) is 0 Å². The van der Waals surface area contributed by atoms with Gasteiger partial charge in [-0.25, -0.2) is 0 Å². The van der Waals surface area contributed by atoms with Crippen LogP contribution in [0.4, 0.5) is 0 Å². The predicted molar refractivity (Wildman–Crippen MR) is 52.1 cm³/mol. The molecular weight excluding hydrogens is 172 g/mol. The van der Waals surface area contributed by atoms with Gasteiger partial charge >= 0.3 is 0 Å². The number of nitrogens with zero attached hydrogens (tertiary/aromatic N) is 1. The minimum atomic E-state index is 0.994. The fraction of sp³-hybridized carbons (Fsp3) is 0.222. The standard InChI is InChI=1S/C9H11ClN2/c1-2-4-9-8(5-3-6-10)7-11-12-9/h3-7,12H,2H2,1H3/b6-3+,8-5-,9-4+. The first-order chi connectivity index (χ1) is 5.88. The van der Waals surface area contributed by atoms with E-state index in [1.54, 1.807) is 12.3 Å². The first kappa shape index (κ1) is 9.07. The molecule has 1 N–H and O–H groups in total. The molecule has 0 fully saturated rings. The van der Waals surface area contributed by atoms with E-state index in [1.807, 2.05) is 6.08 Å². The smallest absolute Gasteiger partial charge is 0.0610 e. The van der Waals surface area contributed by atoms with Gasteiger partial charge in [0, 0.05) is 10.8 Å². The van der Waals surface area contributed by atoms with Crippen LogP contribution in [0.15, 0.2) is 17.8 Å². The van der Waals surface area contributed by atoms with E-state index in [-0.39, 0.29) is 0 Å². The van der Waals surface area contributed by atoms with Crippen LogP contribution >= 0.6 is 11.6 Å². The first-order valence-electron chi connectivity index (χ1n) is 3.85. The van der Waals surface area contributed by atoms with Crippen molar-refractivity contribution in [3.8, 4) is 0 Å². The molecule has 1 rings (SSSR count). The van der Waals surface area contributed by atoms with Gasteiger partial charge in [-0.1, -0.05) is 36.8 Å². The molecule has 0 saturated carbocycles. The predicted octanol–water partition coefficient (Wildman–Crippen LogP) is 1.13. The third kappa shape index (κ3) is 2.24. The van der Waals surface area contributed by atoms with Crippen molar-refractivity contribution in [2.45, 2.75) is 13.3 Å². The van der Waals surface area contributed by atoms with Crippen molar-refractivity contribution in [2.75, 3.05) is 0 Å². The van der Waals surface area contributed by atoms with Crippen molar-refractivity contribution < 1.29 is 0 Å². The molecule has 0 aliphatic rings. The van der Waals surface area contributed by atoms with Crippen molar-refractivity contribution in [2.24, 2.45) is 0 Å². The van der Waals surface area contributed by atoms with E-state index < -0.39 is 0 Å². The summed E-state index contributed by atoms with van der Waals surface area (Å²) in [6, 6.07) is 0. The Hall–Kier alpha value is -1.02. The number of aromatic nitrogens is 2. The maximum atomic E-state index is 5.40. The van der Waals surface area contributed by atoms with E-state index in [1.165, 1.54) is 5.54 Å². The maximum Gasteiger partial charge on any atom is 0.0610 e. The van der Waals surface area contributed by atoms with Gasteiger partial charge in [0.2, 0.25) is 0 Å². The number of hydrogen-bond acceptors (Lipinski definition) is 1. The molecule has 1 heterocycles. The molecule has 0 amide bonds. The van der Waals surface area contributed by atoms with Gasteiger partial charge < -0.3 is 0 Å². The zero-order valence-corrected chi connectivity index (χ0v) is 7.67. The number of allylic oxidation sites excluding steroid dienone is 1. The van der Waals surface area contributed by atoms with E-state index in [0.29, 0.717) is 0 Å². The number of aromatic amines is 1. The molecule has 1 aromatic rings. The molecule has 0 radical (unpaired) electrons. The van der Waals surface area contributed by atoms with Crippen molar-refractivity contribution >= 4 is 23.8 Å². The second-order valence-electron chi connectivity index (χ2n) is 2.34. The summed E-state index contributed by atoms with van der Waals surface area (Å²) in [5.74, 6) is 0. The van der Waals surface area contributed by atoms with E-state index in [9.17, 15) is 0 Å². The van der Waals surface area contributed by atoms with Crippen LogP contribution in [0.5, 0.6) is 0 Å². The third-order valence-electron chi connectivity index (χ3n) is 1.46. The normalized spacial score (nSPS) is 14.8. The lowest BCUT2D eigenvalue weighted by atomic mass is 10.3. The van der Waals surface area contributed by atoms with Crippen LogP contribution in [0.25, 0.3) is 12.2 Å². The molecule has 0 bridgehead atoms. The SMILES string of the molecule is CC/C=c1/[nH]nc/c1=C/C=C/Cl. The molecular formula is C9H11ClN2. The summed E-state index contributed by atoms with van der Waals surface area (Å²) in [4.78, 5) is 0. The van der Waals surface area contributed by atoms with Crippen LogP contribution in [-0.2, 0) is 0 Å². The molecule has 0 spiro atoms. The summed E-state index contributed by atoms with van der Waals surface area (Å²) >= 11 is 5.40. The minimum absolute atomic E-state index is 0.994. The maximum absolute atomic E-state index is 5.40. The van der Waals surface area contributed by atoms with Crippen molar-refractivity contribution in [3.63, 3.8) is 0 Å². The molecule has 12 heavy (non-hydrogen) atoms. The lowest BCUT2D eigenvalue weighted by Gasteiger charge is -1.76. The zero-order chi connectivity index (χ0) is 8.81. The van der Waals surface area contributed by atoms with E-state index in [4.69, 9.17) is 11.6 Å². The molecule has 0 atom stereocenters. The Morgan fingerprint density at radius 3 is 3.17 bits per heavy atom. The first-order valence-corrected chi connectivity index (χ1v) is 4.28. The van der Waals surface area contributed by atoms with Gasteiger partial charge in [0.25, 0.3) is 0 Å². The van der Waals surface area contributed by atoms with Crippen LogP contribution in [0.1, 0.15) is 13.3 Å². The number of H-pyrrole nitrogens is 1. The molecule has 0 saturated heterocycles. The molecule has 0 aliphatic carbocycles. The molecule has 2 nitrogen and oxygen atoms in total. The summed E-state index contributed by atoms with van der Waals surface area (Å²) in [6.45, 7) is 2.09. The average Bonchev–Trinajstić information content (AvgIpc) is 2.50. The zero-order valence-electron chi connectivity index (χ0n) is 6.92. The summed E-state index contributed by atoms with van der Waals surface area (Å²) in [5.41, 5.74) is 1.47. The lowest BCUT2D eigenvalue weighted by molar-refractivity contribution is 1.05. The largest absolute Gasteiger partial charge is 0.278 e. The second-order valence-corrected chi connectivity index (χ2v) is 2.59. The third-order valence-corrected chi connectivity index (χ3v) is 1.60. The van der Waals surface area contributed by atoms with Gasteiger partial charge in [-0.15, -0.1) is 0 Å². The highest BCUT2D eigenvalue weighted by Crippen LogP contribution is 1.77. The Balaban J connectivity index is 3.16. The molecule has 64 valence electrons. The fourth-order valence-electron chi connectivity index (χ4n) is 0.946. The number of hydrogen-bond donors (Lipinski definition) is 1. The van der Waals surface area contributed by atoms with Crippen LogP contribution in [0, 0.1) is 0 Å². The summed E-state index contributed by atoms with van der Waals surface area (Å²) in [6.07, 6.45) is 8.55. The highest BCUT2D eigenvalue weighted by Gasteiger charge is 1.83. The summed E-state index contributed by atoms with van der Waals surface area (Å²) in [5, 5.41) is 8.94. The van der Waals surface area contributed by atoms with Gasteiger partial charge in [0.1, 0.15) is 0 Å². The molecule has 3 heteroatoms. The van der Waals surface area contributed by atoms with Crippen LogP contribution < -0.4 is 10.6 Å². The molecule has 0 aromatic carbocycles. The summed E-state index contributed by atoms with van der Waals surface area (Å²) < 4.78 is 0. The number of nitrogens with one attached hydrogen (secondary N) is 1.